The maximum Gasteiger partial charge on any atom is 3.00 e. The molecule has 0 radical (unpaired) electrons. The second kappa shape index (κ2) is 13.8. The molecule has 55 heavy (non-hydrogen) atoms. The summed E-state index contributed by atoms with van der Waals surface area (Å²) >= 11 is 0. The predicted molar refractivity (Wildman–Crippen MR) is 219 cm³/mol. The number of para-hydroxylation sites is 2. The summed E-state index contributed by atoms with van der Waals surface area (Å²) < 4.78 is 1.90. The number of aryl methyl sites for hydroxylation is 2. The van der Waals surface area contributed by atoms with Gasteiger partial charge in [-0.3, -0.25) is 4.68 Å². The van der Waals surface area contributed by atoms with Gasteiger partial charge in [0.05, 0.1) is 11.1 Å². The van der Waals surface area contributed by atoms with E-state index in [0.29, 0.717) is 0 Å². The Balaban J connectivity index is 0.000000241. The first-order chi connectivity index (χ1) is 26.5. The summed E-state index contributed by atoms with van der Waals surface area (Å²) in [5.41, 5.74) is 24.2. The molecule has 0 amide bonds. The first kappa shape index (κ1) is 34.9. The zero-order chi connectivity index (χ0) is 36.4. The Kier molecular flexibility index (Phi) is 8.74. The van der Waals surface area contributed by atoms with E-state index in [1.807, 2.05) is 47.8 Å². The molecular formula is C50H37IrN4. The van der Waals surface area contributed by atoms with Crippen molar-refractivity contribution < 1.29 is 20.1 Å². The summed E-state index contributed by atoms with van der Waals surface area (Å²) in [7, 11) is 0. The number of rotatable bonds is 3. The van der Waals surface area contributed by atoms with Crippen LogP contribution in [0.3, 0.4) is 0 Å². The van der Waals surface area contributed by atoms with Crippen LogP contribution in [0.2, 0.25) is 0 Å². The van der Waals surface area contributed by atoms with Crippen LogP contribution >= 0.6 is 0 Å². The standard InChI is InChI=1S/C39H26N2.C11H11N2.Ir/c1-25-29-10-5-9-17-38(29)41(40-25)28-21-18-26(19-22-28)27-20-23-33-32-13-4-8-16-36(32)39(37(33)24-27)34-14-6-2-11-30(34)31-12-3-7-15-35(31)39;1-9-8-10(2)13(12-9)11-6-4-3-5-7-11;/h2-21,23-25H,1H3;3-6,8H,1-2H3;/q-2;-1;+3. The average molecular weight is 886 g/mol. The Labute approximate surface area is 336 Å². The Morgan fingerprint density at radius 2 is 1.18 bits per heavy atom. The molecule has 0 bridgehead atoms. The zero-order valence-electron chi connectivity index (χ0n) is 30.8. The molecule has 0 fully saturated rings. The monoisotopic (exact) mass is 886 g/mol. The second-order valence-corrected chi connectivity index (χ2v) is 14.4. The molecular weight excluding hydrogens is 849 g/mol. The van der Waals surface area contributed by atoms with E-state index in [4.69, 9.17) is 5.43 Å². The van der Waals surface area contributed by atoms with Gasteiger partial charge in [-0.1, -0.05) is 133 Å². The Hall–Kier alpha value is -5.84. The van der Waals surface area contributed by atoms with Crippen molar-refractivity contribution in [1.29, 1.82) is 0 Å². The summed E-state index contributed by atoms with van der Waals surface area (Å²) in [4.78, 5) is 0. The van der Waals surface area contributed by atoms with Gasteiger partial charge in [0.2, 0.25) is 0 Å². The number of hydrogen-bond acceptors (Lipinski definition) is 2. The second-order valence-electron chi connectivity index (χ2n) is 14.4. The van der Waals surface area contributed by atoms with Crippen LogP contribution in [0.25, 0.3) is 44.5 Å². The maximum absolute atomic E-state index is 4.89. The van der Waals surface area contributed by atoms with Crippen molar-refractivity contribution in [2.24, 2.45) is 0 Å². The number of hydrogen-bond donors (Lipinski definition) is 0. The summed E-state index contributed by atoms with van der Waals surface area (Å²) in [5, 5.41) is 6.40. The molecule has 5 heteroatoms. The molecule has 1 aromatic heterocycles. The third kappa shape index (κ3) is 5.45. The Bertz CT molecular complexity index is 2630. The van der Waals surface area contributed by atoms with Gasteiger partial charge < -0.3 is 10.4 Å². The Morgan fingerprint density at radius 3 is 1.78 bits per heavy atom. The molecule has 0 saturated carbocycles. The number of aromatic nitrogens is 2. The molecule has 4 nitrogen and oxygen atoms in total. The van der Waals surface area contributed by atoms with Crippen LogP contribution in [0.4, 0.5) is 11.4 Å². The van der Waals surface area contributed by atoms with Crippen LogP contribution in [0.5, 0.6) is 0 Å². The van der Waals surface area contributed by atoms with Crippen molar-refractivity contribution in [2.45, 2.75) is 32.2 Å². The quantitative estimate of drug-likeness (QED) is 0.166. The third-order valence-corrected chi connectivity index (χ3v) is 11.2. The molecule has 0 saturated heterocycles. The van der Waals surface area contributed by atoms with Gasteiger partial charge in [-0.15, -0.1) is 17.7 Å². The molecule has 0 N–H and O–H groups in total. The van der Waals surface area contributed by atoms with Gasteiger partial charge in [-0.25, -0.2) is 0 Å². The Morgan fingerprint density at radius 1 is 0.582 bits per heavy atom. The average Bonchev–Trinajstić information content (AvgIpc) is 3.94. The van der Waals surface area contributed by atoms with E-state index in [0.717, 1.165) is 34.0 Å². The number of benzene rings is 7. The summed E-state index contributed by atoms with van der Waals surface area (Å²) in [6.45, 7) is 6.18. The van der Waals surface area contributed by atoms with Crippen LogP contribution in [0, 0.1) is 26.0 Å². The fraction of sp³-hybridized carbons (Fsp3) is 0.100. The van der Waals surface area contributed by atoms with Crippen molar-refractivity contribution >= 4 is 11.4 Å². The van der Waals surface area contributed by atoms with Gasteiger partial charge in [0.25, 0.3) is 0 Å². The summed E-state index contributed by atoms with van der Waals surface area (Å²) in [5.74, 6) is 0. The van der Waals surface area contributed by atoms with Gasteiger partial charge in [-0.05, 0) is 81.7 Å². The van der Waals surface area contributed by atoms with Gasteiger partial charge in [0.1, 0.15) is 0 Å². The van der Waals surface area contributed by atoms with Crippen molar-refractivity contribution in [3.63, 3.8) is 0 Å². The van der Waals surface area contributed by atoms with Gasteiger partial charge in [0.15, 0.2) is 0 Å². The SMILES string of the molecule is CC1[N-]N(c2[c-]cc(-c3ccc4c(c3)C3(c5ccccc5-c5ccccc53)c3ccccc3-4)cc2)c2ccccc21.Cc1cc(C)n(-c2[c-]cccc2)n1.[Ir+3]. The minimum absolute atomic E-state index is 0. The van der Waals surface area contributed by atoms with E-state index < -0.39 is 0 Å². The topological polar surface area (TPSA) is 35.2 Å². The minimum atomic E-state index is -0.326. The molecule has 11 rings (SSSR count). The molecule has 266 valence electrons. The number of fused-ring (bicyclic) bond motifs is 11. The van der Waals surface area contributed by atoms with Gasteiger partial charge in [-0.2, -0.15) is 47.6 Å². The molecule has 1 unspecified atom stereocenters. The smallest absolute Gasteiger partial charge is 0.558 e. The molecule has 1 spiro atoms. The predicted octanol–water partition coefficient (Wildman–Crippen LogP) is 12.3. The molecule has 2 aliphatic carbocycles. The van der Waals surface area contributed by atoms with E-state index in [1.54, 1.807) is 0 Å². The van der Waals surface area contributed by atoms with Crippen LogP contribution in [0.1, 0.15) is 52.2 Å². The van der Waals surface area contributed by atoms with E-state index >= 15 is 0 Å². The summed E-state index contributed by atoms with van der Waals surface area (Å²) in [6.07, 6.45) is 0. The first-order valence-electron chi connectivity index (χ1n) is 18.6. The van der Waals surface area contributed by atoms with E-state index in [-0.39, 0.29) is 31.6 Å². The van der Waals surface area contributed by atoms with E-state index in [2.05, 4.69) is 164 Å². The molecule has 7 aromatic carbocycles. The van der Waals surface area contributed by atoms with Crippen molar-refractivity contribution in [3.8, 4) is 39.1 Å². The largest absolute Gasteiger partial charge is 3.00 e. The van der Waals surface area contributed by atoms with Crippen LogP contribution in [0.15, 0.2) is 164 Å². The van der Waals surface area contributed by atoms with Crippen molar-refractivity contribution in [3.05, 3.63) is 221 Å². The molecule has 3 aliphatic rings. The van der Waals surface area contributed by atoms with Gasteiger partial charge >= 0.3 is 20.1 Å². The molecule has 8 aromatic rings. The molecule has 2 heterocycles. The molecule has 1 atom stereocenters. The van der Waals surface area contributed by atoms with Crippen LogP contribution in [-0.2, 0) is 25.5 Å². The van der Waals surface area contributed by atoms with E-state index in [9.17, 15) is 0 Å². The normalized spacial score (nSPS) is 14.9. The summed E-state index contributed by atoms with van der Waals surface area (Å²) in [6, 6.07) is 65.6. The fourth-order valence-electron chi connectivity index (χ4n) is 8.91. The minimum Gasteiger partial charge on any atom is -0.558 e. The third-order valence-electron chi connectivity index (χ3n) is 11.2. The maximum atomic E-state index is 4.89. The van der Waals surface area contributed by atoms with Crippen molar-refractivity contribution in [2.75, 3.05) is 5.01 Å². The van der Waals surface area contributed by atoms with Crippen molar-refractivity contribution in [1.82, 2.24) is 9.78 Å². The fourth-order valence-corrected chi connectivity index (χ4v) is 8.91. The molecule has 1 aliphatic heterocycles. The van der Waals surface area contributed by atoms with Gasteiger partial charge in [0, 0.05) is 11.4 Å². The van der Waals surface area contributed by atoms with Crippen LogP contribution in [-0.4, -0.2) is 9.78 Å². The number of nitrogens with zero attached hydrogens (tertiary/aromatic N) is 4. The number of anilines is 2. The zero-order valence-corrected chi connectivity index (χ0v) is 33.2. The van der Waals surface area contributed by atoms with E-state index in [1.165, 1.54) is 55.6 Å². The van der Waals surface area contributed by atoms with Crippen LogP contribution < -0.4 is 5.01 Å². The first-order valence-corrected chi connectivity index (χ1v) is 18.6.